The molecule has 1 aromatic carbocycles. The Balaban J connectivity index is 1.75. The van der Waals surface area contributed by atoms with E-state index in [1.807, 2.05) is 6.08 Å². The monoisotopic (exact) mass is 499 g/mol. The molecule has 0 saturated heterocycles. The summed E-state index contributed by atoms with van der Waals surface area (Å²) in [4.78, 5) is 25.5. The molecule has 0 radical (unpaired) electrons. The van der Waals surface area contributed by atoms with Crippen molar-refractivity contribution in [3.63, 3.8) is 0 Å². The van der Waals surface area contributed by atoms with Gasteiger partial charge in [0.25, 0.3) is 11.0 Å². The number of aliphatic hydroxyl groups excluding tert-OH is 2. The van der Waals surface area contributed by atoms with Crippen LogP contribution in [0.15, 0.2) is 54.6 Å². The van der Waals surface area contributed by atoms with E-state index in [9.17, 15) is 33.9 Å². The number of hydrogen-bond acceptors (Lipinski definition) is 8. The number of ether oxygens (including phenoxy) is 2. The first-order chi connectivity index (χ1) is 16.7. The highest BCUT2D eigenvalue weighted by Gasteiger charge is 2.40. The number of unbranched alkanes of at least 4 members (excludes halogenated alkanes) is 1. The summed E-state index contributed by atoms with van der Waals surface area (Å²) >= 11 is 0. The Morgan fingerprint density at radius 3 is 2.63 bits per heavy atom. The lowest BCUT2D eigenvalue weighted by atomic mass is 9.89. The summed E-state index contributed by atoms with van der Waals surface area (Å²) in [6.45, 7) is -1.37. The molecule has 0 bridgehead atoms. The Morgan fingerprint density at radius 2 is 1.91 bits per heavy atom. The molecule has 1 aromatic rings. The number of allylic oxidation sites excluding steroid dienone is 2. The smallest absolute Gasteiger partial charge is 0.305 e. The molecule has 0 heterocycles. The van der Waals surface area contributed by atoms with Gasteiger partial charge < -0.3 is 24.5 Å². The molecule has 1 saturated carbocycles. The van der Waals surface area contributed by atoms with Gasteiger partial charge in [0.2, 0.25) is 0 Å². The predicted molar refractivity (Wildman–Crippen MR) is 121 cm³/mol. The highest BCUT2D eigenvalue weighted by atomic mass is 19.3. The third-order valence-electron chi connectivity index (χ3n) is 5.52. The van der Waals surface area contributed by atoms with E-state index in [1.54, 1.807) is 36.4 Å². The van der Waals surface area contributed by atoms with E-state index in [-0.39, 0.29) is 26.1 Å². The fraction of sp³-hybridized carbons (Fsp3) is 0.542. The minimum absolute atomic E-state index is 0.103. The molecule has 2 rings (SSSR count). The summed E-state index contributed by atoms with van der Waals surface area (Å²) in [5.74, 6) is -4.46. The third-order valence-corrected chi connectivity index (χ3v) is 5.52. The van der Waals surface area contributed by atoms with E-state index >= 15 is 0 Å². The van der Waals surface area contributed by atoms with Crippen LogP contribution in [-0.2, 0) is 14.4 Å². The third kappa shape index (κ3) is 10.8. The standard InChI is InChI=1S/C24H31F2NO8/c25-24(26,17-34-18-8-4-3-5-9-18)13-12-20-19(21(28)16-22(20)29)10-6-1-2-7-11-23(30)33-14-15-35-27(31)32/h1,3-6,8-9,12-13,19-22,28-29H,2,7,10-11,14-17H2/b6-1-,13-12+/t19-,20-,21+,22-/m1/s1. The van der Waals surface area contributed by atoms with Gasteiger partial charge in [0.1, 0.15) is 19.0 Å². The Kier molecular flexibility index (Phi) is 11.6. The van der Waals surface area contributed by atoms with Crippen LogP contribution in [0.25, 0.3) is 0 Å². The van der Waals surface area contributed by atoms with Crippen molar-refractivity contribution in [2.75, 3.05) is 19.8 Å². The van der Waals surface area contributed by atoms with Crippen LogP contribution in [0.2, 0.25) is 0 Å². The van der Waals surface area contributed by atoms with Gasteiger partial charge in [-0.05, 0) is 43.4 Å². The van der Waals surface area contributed by atoms with Gasteiger partial charge in [0.15, 0.2) is 6.61 Å². The molecule has 0 aliphatic heterocycles. The number of carbonyl (C=O) groups excluding carboxylic acids is 1. The fourth-order valence-electron chi connectivity index (χ4n) is 3.78. The fourth-order valence-corrected chi connectivity index (χ4v) is 3.78. The van der Waals surface area contributed by atoms with E-state index in [1.165, 1.54) is 6.08 Å². The Hall–Kier alpha value is -3.05. The number of nitrogens with zero attached hydrogens (tertiary/aromatic N) is 1. The number of rotatable bonds is 15. The molecule has 194 valence electrons. The summed E-state index contributed by atoms with van der Waals surface area (Å²) in [6.07, 6.45) is 5.46. The molecule has 9 nitrogen and oxygen atoms in total. The predicted octanol–water partition coefficient (Wildman–Crippen LogP) is 3.48. The lowest BCUT2D eigenvalue weighted by molar-refractivity contribution is -0.757. The van der Waals surface area contributed by atoms with Crippen molar-refractivity contribution in [3.05, 3.63) is 64.8 Å². The minimum atomic E-state index is -3.24. The summed E-state index contributed by atoms with van der Waals surface area (Å²) < 4.78 is 38.4. The molecule has 1 fully saturated rings. The summed E-state index contributed by atoms with van der Waals surface area (Å²) in [6, 6.07) is 8.28. The van der Waals surface area contributed by atoms with Gasteiger partial charge >= 0.3 is 5.97 Å². The number of para-hydroxylation sites is 1. The lowest BCUT2D eigenvalue weighted by Gasteiger charge is -2.20. The van der Waals surface area contributed by atoms with Crippen LogP contribution in [-0.4, -0.2) is 59.2 Å². The van der Waals surface area contributed by atoms with Crippen LogP contribution in [0.5, 0.6) is 5.75 Å². The van der Waals surface area contributed by atoms with Crippen molar-refractivity contribution >= 4 is 5.97 Å². The highest BCUT2D eigenvalue weighted by Crippen LogP contribution is 2.37. The van der Waals surface area contributed by atoms with Gasteiger partial charge in [-0.1, -0.05) is 36.4 Å². The van der Waals surface area contributed by atoms with E-state index in [2.05, 4.69) is 4.84 Å². The average Bonchev–Trinajstić information content (AvgIpc) is 3.09. The number of carbonyl (C=O) groups is 1. The quantitative estimate of drug-likeness (QED) is 0.123. The topological polar surface area (TPSA) is 128 Å². The summed E-state index contributed by atoms with van der Waals surface area (Å²) in [7, 11) is 0. The molecule has 4 atom stereocenters. The van der Waals surface area contributed by atoms with Gasteiger partial charge in [-0.15, -0.1) is 10.1 Å². The molecule has 35 heavy (non-hydrogen) atoms. The molecule has 0 unspecified atom stereocenters. The number of aliphatic hydroxyl groups is 2. The first-order valence-corrected chi connectivity index (χ1v) is 11.4. The molecule has 0 aromatic heterocycles. The number of hydrogen-bond donors (Lipinski definition) is 2. The second kappa shape index (κ2) is 14.4. The van der Waals surface area contributed by atoms with Crippen molar-refractivity contribution in [1.29, 1.82) is 0 Å². The second-order valence-electron chi connectivity index (χ2n) is 8.21. The average molecular weight is 500 g/mol. The van der Waals surface area contributed by atoms with Crippen LogP contribution >= 0.6 is 0 Å². The first kappa shape index (κ1) is 28.2. The number of alkyl halides is 2. The van der Waals surface area contributed by atoms with Gasteiger partial charge in [0.05, 0.1) is 12.2 Å². The maximum Gasteiger partial charge on any atom is 0.305 e. The Labute approximate surface area is 202 Å². The van der Waals surface area contributed by atoms with Crippen LogP contribution in [0.3, 0.4) is 0 Å². The first-order valence-electron chi connectivity index (χ1n) is 11.4. The zero-order valence-electron chi connectivity index (χ0n) is 19.2. The van der Waals surface area contributed by atoms with Crippen LogP contribution in [0.4, 0.5) is 8.78 Å². The molecule has 1 aliphatic carbocycles. The van der Waals surface area contributed by atoms with Crippen LogP contribution in [0, 0.1) is 22.0 Å². The molecule has 1 aliphatic rings. The van der Waals surface area contributed by atoms with E-state index in [0.717, 1.165) is 6.08 Å². The van der Waals surface area contributed by atoms with Gasteiger partial charge in [-0.2, -0.15) is 8.78 Å². The van der Waals surface area contributed by atoms with Crippen molar-refractivity contribution in [2.24, 2.45) is 11.8 Å². The van der Waals surface area contributed by atoms with E-state index in [4.69, 9.17) is 9.47 Å². The molecular weight excluding hydrogens is 468 g/mol. The maximum atomic E-state index is 14.3. The minimum Gasteiger partial charge on any atom is -0.487 e. The highest BCUT2D eigenvalue weighted by molar-refractivity contribution is 5.69. The van der Waals surface area contributed by atoms with Crippen molar-refractivity contribution in [1.82, 2.24) is 0 Å². The number of halogens is 2. The van der Waals surface area contributed by atoms with Crippen LogP contribution in [0.1, 0.15) is 32.1 Å². The molecule has 0 spiro atoms. The van der Waals surface area contributed by atoms with Crippen molar-refractivity contribution < 1.29 is 43.2 Å². The van der Waals surface area contributed by atoms with Gasteiger partial charge in [-0.3, -0.25) is 4.79 Å². The van der Waals surface area contributed by atoms with Gasteiger partial charge in [-0.25, -0.2) is 0 Å². The van der Waals surface area contributed by atoms with Gasteiger partial charge in [0, 0.05) is 18.8 Å². The molecular formula is C24H31F2NO8. The normalized spacial score (nSPS) is 22.5. The molecule has 11 heteroatoms. The Bertz CT molecular complexity index is 849. The Morgan fingerprint density at radius 1 is 1.17 bits per heavy atom. The summed E-state index contributed by atoms with van der Waals surface area (Å²) in [5.41, 5.74) is 0. The van der Waals surface area contributed by atoms with Crippen molar-refractivity contribution in [2.45, 2.75) is 50.2 Å². The second-order valence-corrected chi connectivity index (χ2v) is 8.21. The summed E-state index contributed by atoms with van der Waals surface area (Å²) in [5, 5.41) is 29.5. The zero-order valence-corrected chi connectivity index (χ0v) is 19.2. The maximum absolute atomic E-state index is 14.3. The lowest BCUT2D eigenvalue weighted by Crippen LogP contribution is -2.25. The van der Waals surface area contributed by atoms with Crippen LogP contribution < -0.4 is 4.74 Å². The van der Waals surface area contributed by atoms with Crippen molar-refractivity contribution in [3.8, 4) is 5.75 Å². The molecule has 2 N–H and O–H groups in total. The molecule has 0 amide bonds. The largest absolute Gasteiger partial charge is 0.487 e. The SMILES string of the molecule is O=C(CCC/C=C\C[C@@H]1[C@@H](/C=C/C(F)(F)COc2ccccc2)[C@H](O)C[C@@H]1O)OCCO[N+](=O)[O-]. The zero-order chi connectivity index (χ0) is 25.7. The number of benzene rings is 1. The van der Waals surface area contributed by atoms with E-state index in [0.29, 0.717) is 25.0 Å². The van der Waals surface area contributed by atoms with E-state index < -0.39 is 47.6 Å². The number of esters is 1.